The molecule has 0 amide bonds. The van der Waals surface area contributed by atoms with Crippen LogP contribution in [0.25, 0.3) is 22.4 Å². The Hall–Kier alpha value is -2.19. The van der Waals surface area contributed by atoms with Crippen molar-refractivity contribution in [3.05, 3.63) is 28.5 Å². The van der Waals surface area contributed by atoms with Gasteiger partial charge in [-0.1, -0.05) is 0 Å². The van der Waals surface area contributed by atoms with Crippen molar-refractivity contribution in [1.82, 2.24) is 20.2 Å². The molecule has 2 aromatic heterocycles. The van der Waals surface area contributed by atoms with Crippen LogP contribution in [0.1, 0.15) is 18.7 Å². The predicted octanol–water partition coefficient (Wildman–Crippen LogP) is 2.85. The standard InChI is InChI=1S/C15H15BrN4O3/c1-7(21)13-14(18-10-6-17-20-15(10)19-13)8-4-9(16)12(23-3)5-11(8)22-2/h4-7,21H,1-3H3,(H,17,19,20). The summed E-state index contributed by atoms with van der Waals surface area (Å²) in [5, 5.41) is 16.8. The first-order valence-electron chi connectivity index (χ1n) is 6.86. The van der Waals surface area contributed by atoms with Gasteiger partial charge in [0, 0.05) is 11.6 Å². The normalized spacial score (nSPS) is 12.4. The van der Waals surface area contributed by atoms with E-state index in [-0.39, 0.29) is 0 Å². The molecular weight excluding hydrogens is 364 g/mol. The van der Waals surface area contributed by atoms with Crippen molar-refractivity contribution >= 4 is 27.1 Å². The van der Waals surface area contributed by atoms with E-state index in [1.165, 1.54) is 0 Å². The van der Waals surface area contributed by atoms with Gasteiger partial charge in [0.25, 0.3) is 0 Å². The molecule has 8 heteroatoms. The topological polar surface area (TPSA) is 93.2 Å². The number of H-pyrrole nitrogens is 1. The molecule has 0 spiro atoms. The molecule has 2 heterocycles. The summed E-state index contributed by atoms with van der Waals surface area (Å²) < 4.78 is 11.5. The molecule has 120 valence electrons. The highest BCUT2D eigenvalue weighted by Crippen LogP contribution is 2.40. The van der Waals surface area contributed by atoms with E-state index in [1.807, 2.05) is 6.07 Å². The molecule has 7 nitrogen and oxygen atoms in total. The van der Waals surface area contributed by atoms with Crippen molar-refractivity contribution < 1.29 is 14.6 Å². The van der Waals surface area contributed by atoms with Gasteiger partial charge in [-0.25, -0.2) is 9.97 Å². The third kappa shape index (κ3) is 2.75. The van der Waals surface area contributed by atoms with Crippen molar-refractivity contribution in [3.8, 4) is 22.8 Å². The summed E-state index contributed by atoms with van der Waals surface area (Å²) in [6.07, 6.45) is 0.790. The lowest BCUT2D eigenvalue weighted by molar-refractivity contribution is 0.195. The van der Waals surface area contributed by atoms with Gasteiger partial charge < -0.3 is 14.6 Å². The fourth-order valence-corrected chi connectivity index (χ4v) is 2.83. The molecule has 0 saturated carbocycles. The summed E-state index contributed by atoms with van der Waals surface area (Å²) in [6.45, 7) is 1.64. The van der Waals surface area contributed by atoms with Gasteiger partial charge in [0.2, 0.25) is 0 Å². The molecule has 1 aromatic carbocycles. The Kier molecular flexibility index (Phi) is 4.18. The number of aliphatic hydroxyl groups excluding tert-OH is 1. The molecular formula is C15H15BrN4O3. The number of hydrogen-bond acceptors (Lipinski definition) is 6. The van der Waals surface area contributed by atoms with E-state index in [0.717, 1.165) is 4.47 Å². The zero-order chi connectivity index (χ0) is 16.6. The largest absolute Gasteiger partial charge is 0.496 e. The summed E-state index contributed by atoms with van der Waals surface area (Å²) >= 11 is 3.46. The number of aromatic nitrogens is 4. The summed E-state index contributed by atoms with van der Waals surface area (Å²) in [7, 11) is 3.15. The maximum absolute atomic E-state index is 10.1. The summed E-state index contributed by atoms with van der Waals surface area (Å²) in [6, 6.07) is 3.59. The molecule has 1 unspecified atom stereocenters. The first-order valence-corrected chi connectivity index (χ1v) is 7.65. The van der Waals surface area contributed by atoms with Crippen molar-refractivity contribution in [2.75, 3.05) is 14.2 Å². The number of rotatable bonds is 4. The van der Waals surface area contributed by atoms with Crippen molar-refractivity contribution in [3.63, 3.8) is 0 Å². The number of hydrogen-bond donors (Lipinski definition) is 2. The monoisotopic (exact) mass is 378 g/mol. The van der Waals surface area contributed by atoms with Crippen LogP contribution in [0.15, 0.2) is 22.8 Å². The molecule has 0 radical (unpaired) electrons. The fraction of sp³-hybridized carbons (Fsp3) is 0.267. The number of halogens is 1. The molecule has 0 aliphatic carbocycles. The zero-order valence-corrected chi connectivity index (χ0v) is 14.4. The van der Waals surface area contributed by atoms with Gasteiger partial charge in [0.1, 0.15) is 17.0 Å². The van der Waals surface area contributed by atoms with Gasteiger partial charge in [-0.3, -0.25) is 5.10 Å². The summed E-state index contributed by atoms with van der Waals surface area (Å²) in [4.78, 5) is 9.00. The lowest BCUT2D eigenvalue weighted by atomic mass is 10.1. The second-order valence-electron chi connectivity index (χ2n) is 4.92. The van der Waals surface area contributed by atoms with Crippen molar-refractivity contribution in [1.29, 1.82) is 0 Å². The Morgan fingerprint density at radius 3 is 2.57 bits per heavy atom. The van der Waals surface area contributed by atoms with Gasteiger partial charge in [-0.15, -0.1) is 0 Å². The van der Waals surface area contributed by atoms with Crippen LogP contribution in [0.3, 0.4) is 0 Å². The number of fused-ring (bicyclic) bond motifs is 1. The van der Waals surface area contributed by atoms with Gasteiger partial charge in [-0.05, 0) is 28.9 Å². The lowest BCUT2D eigenvalue weighted by Crippen LogP contribution is -2.03. The minimum Gasteiger partial charge on any atom is -0.496 e. The van der Waals surface area contributed by atoms with Crippen LogP contribution in [0.2, 0.25) is 0 Å². The number of aliphatic hydroxyl groups is 1. The average Bonchev–Trinajstić information content (AvgIpc) is 3.00. The maximum Gasteiger partial charge on any atom is 0.174 e. The molecule has 3 rings (SSSR count). The second kappa shape index (κ2) is 6.13. The highest BCUT2D eigenvalue weighted by atomic mass is 79.9. The molecule has 0 fully saturated rings. The number of ether oxygens (including phenoxy) is 2. The Labute approximate surface area is 140 Å². The molecule has 0 aliphatic heterocycles. The quantitative estimate of drug-likeness (QED) is 0.724. The lowest BCUT2D eigenvalue weighted by Gasteiger charge is -2.15. The number of methoxy groups -OCH3 is 2. The highest BCUT2D eigenvalue weighted by molar-refractivity contribution is 9.10. The molecule has 3 aromatic rings. The van der Waals surface area contributed by atoms with Gasteiger partial charge >= 0.3 is 0 Å². The molecule has 0 aliphatic rings. The van der Waals surface area contributed by atoms with Crippen molar-refractivity contribution in [2.45, 2.75) is 13.0 Å². The molecule has 1 atom stereocenters. The summed E-state index contributed by atoms with van der Waals surface area (Å²) in [5.41, 5.74) is 2.81. The Bertz CT molecular complexity index is 863. The Morgan fingerprint density at radius 2 is 1.91 bits per heavy atom. The smallest absolute Gasteiger partial charge is 0.174 e. The van der Waals surface area contributed by atoms with E-state index >= 15 is 0 Å². The van der Waals surface area contributed by atoms with Crippen LogP contribution in [-0.4, -0.2) is 39.5 Å². The number of nitrogens with one attached hydrogen (secondary N) is 1. The van der Waals surface area contributed by atoms with E-state index < -0.39 is 6.10 Å². The first-order chi connectivity index (χ1) is 11.0. The van der Waals surface area contributed by atoms with E-state index in [4.69, 9.17) is 9.47 Å². The minimum absolute atomic E-state index is 0.442. The Morgan fingerprint density at radius 1 is 1.17 bits per heavy atom. The fourth-order valence-electron chi connectivity index (χ4n) is 2.32. The minimum atomic E-state index is -0.796. The van der Waals surface area contributed by atoms with E-state index in [0.29, 0.717) is 39.6 Å². The van der Waals surface area contributed by atoms with E-state index in [2.05, 4.69) is 36.1 Å². The SMILES string of the molecule is COc1cc(OC)c(-c2nc3cn[nH]c3nc2C(C)O)cc1Br. The highest BCUT2D eigenvalue weighted by Gasteiger charge is 2.20. The van der Waals surface area contributed by atoms with Crippen LogP contribution in [-0.2, 0) is 0 Å². The van der Waals surface area contributed by atoms with Crippen LogP contribution < -0.4 is 9.47 Å². The number of nitrogens with zero attached hydrogens (tertiary/aromatic N) is 3. The van der Waals surface area contributed by atoms with E-state index in [1.54, 1.807) is 33.4 Å². The van der Waals surface area contributed by atoms with Crippen molar-refractivity contribution in [2.24, 2.45) is 0 Å². The first kappa shape index (κ1) is 15.7. The Balaban J connectivity index is 2.30. The van der Waals surface area contributed by atoms with E-state index in [9.17, 15) is 5.11 Å². The van der Waals surface area contributed by atoms with Gasteiger partial charge in [-0.2, -0.15) is 5.10 Å². The predicted molar refractivity (Wildman–Crippen MR) is 88.6 cm³/mol. The van der Waals surface area contributed by atoms with Crippen LogP contribution in [0.4, 0.5) is 0 Å². The van der Waals surface area contributed by atoms with Crippen LogP contribution in [0, 0.1) is 0 Å². The third-order valence-electron chi connectivity index (χ3n) is 3.43. The van der Waals surface area contributed by atoms with Crippen LogP contribution in [0.5, 0.6) is 11.5 Å². The number of aromatic amines is 1. The maximum atomic E-state index is 10.1. The molecule has 2 N–H and O–H groups in total. The van der Waals surface area contributed by atoms with Crippen LogP contribution >= 0.6 is 15.9 Å². The second-order valence-corrected chi connectivity index (χ2v) is 5.78. The molecule has 0 saturated heterocycles. The number of benzene rings is 1. The van der Waals surface area contributed by atoms with Gasteiger partial charge in [0.15, 0.2) is 5.65 Å². The third-order valence-corrected chi connectivity index (χ3v) is 4.05. The molecule has 23 heavy (non-hydrogen) atoms. The zero-order valence-electron chi connectivity index (χ0n) is 12.8. The summed E-state index contributed by atoms with van der Waals surface area (Å²) in [5.74, 6) is 1.21. The average molecular weight is 379 g/mol. The van der Waals surface area contributed by atoms with Gasteiger partial charge in [0.05, 0.1) is 42.4 Å². The molecule has 0 bridgehead atoms.